The third-order valence-electron chi connectivity index (χ3n) is 3.18. The zero-order valence-electron chi connectivity index (χ0n) is 10.1. The van der Waals surface area contributed by atoms with E-state index in [-0.39, 0.29) is 6.61 Å². The van der Waals surface area contributed by atoms with Gasteiger partial charge in [0.1, 0.15) is 0 Å². The molecule has 2 atom stereocenters. The fraction of sp³-hybridized carbons (Fsp3) is 0.538. The monoisotopic (exact) mass is 237 g/mol. The third kappa shape index (κ3) is 2.06. The van der Waals surface area contributed by atoms with Crippen molar-refractivity contribution in [1.82, 2.24) is 0 Å². The number of benzene rings is 1. The van der Waals surface area contributed by atoms with Crippen molar-refractivity contribution in [3.63, 3.8) is 0 Å². The van der Waals surface area contributed by atoms with Gasteiger partial charge in [0, 0.05) is 22.8 Å². The van der Waals surface area contributed by atoms with Gasteiger partial charge in [0.05, 0.1) is 5.69 Å². The second kappa shape index (κ2) is 4.68. The van der Waals surface area contributed by atoms with Crippen molar-refractivity contribution in [3.05, 3.63) is 23.3 Å². The van der Waals surface area contributed by atoms with E-state index in [1.165, 1.54) is 21.7 Å². The van der Waals surface area contributed by atoms with Gasteiger partial charge in [-0.25, -0.2) is 0 Å². The van der Waals surface area contributed by atoms with Crippen LogP contribution in [0.2, 0.25) is 0 Å². The molecule has 2 rings (SSSR count). The molecule has 2 N–H and O–H groups in total. The highest BCUT2D eigenvalue weighted by Gasteiger charge is 2.26. The molecule has 0 saturated heterocycles. The van der Waals surface area contributed by atoms with Crippen molar-refractivity contribution < 1.29 is 5.11 Å². The van der Waals surface area contributed by atoms with E-state index in [9.17, 15) is 0 Å². The normalized spacial score (nSPS) is 23.8. The lowest BCUT2D eigenvalue weighted by Crippen LogP contribution is -2.33. The first-order valence-electron chi connectivity index (χ1n) is 5.77. The molecule has 0 bridgehead atoms. The summed E-state index contributed by atoms with van der Waals surface area (Å²) in [7, 11) is 0. The maximum Gasteiger partial charge on any atom is 0.0513 e. The molecule has 0 saturated carbocycles. The average Bonchev–Trinajstić information content (AvgIpc) is 2.26. The number of hydrogen-bond acceptors (Lipinski definition) is 3. The summed E-state index contributed by atoms with van der Waals surface area (Å²) in [6, 6.07) is 4.76. The number of nitrogens with one attached hydrogen (secondary N) is 1. The second-order valence-corrected chi connectivity index (χ2v) is 5.75. The third-order valence-corrected chi connectivity index (χ3v) is 4.88. The molecule has 88 valence electrons. The first kappa shape index (κ1) is 11.8. The standard InChI is InChI=1S/C13H19NOS/c1-8-4-5-9(2)13-12(8)14-10(3)11(16-13)6-7-15/h4-5,10-11,14-15H,6-7H2,1-3H3. The SMILES string of the molecule is Cc1ccc(C)c2c1NC(C)C(CCO)S2. The maximum atomic E-state index is 9.07. The van der Waals surface area contributed by atoms with Crippen molar-refractivity contribution >= 4 is 17.4 Å². The van der Waals surface area contributed by atoms with Gasteiger partial charge < -0.3 is 10.4 Å². The van der Waals surface area contributed by atoms with Crippen molar-refractivity contribution in [3.8, 4) is 0 Å². The van der Waals surface area contributed by atoms with E-state index in [4.69, 9.17) is 5.11 Å². The van der Waals surface area contributed by atoms with Crippen LogP contribution >= 0.6 is 11.8 Å². The highest BCUT2D eigenvalue weighted by molar-refractivity contribution is 8.00. The van der Waals surface area contributed by atoms with Crippen molar-refractivity contribution in [2.45, 2.75) is 43.4 Å². The number of aryl methyl sites for hydroxylation is 2. The van der Waals surface area contributed by atoms with Gasteiger partial charge in [-0.2, -0.15) is 0 Å². The predicted molar refractivity (Wildman–Crippen MR) is 70.3 cm³/mol. The Bertz CT molecular complexity index is 392. The van der Waals surface area contributed by atoms with Gasteiger partial charge in [0.2, 0.25) is 0 Å². The minimum Gasteiger partial charge on any atom is -0.396 e. The van der Waals surface area contributed by atoms with Gasteiger partial charge in [-0.15, -0.1) is 11.8 Å². The largest absolute Gasteiger partial charge is 0.396 e. The van der Waals surface area contributed by atoms with Crippen molar-refractivity contribution in [2.75, 3.05) is 11.9 Å². The van der Waals surface area contributed by atoms with Crippen molar-refractivity contribution in [2.24, 2.45) is 0 Å². The number of aliphatic hydroxyl groups is 1. The molecule has 1 aliphatic heterocycles. The number of fused-ring (bicyclic) bond motifs is 1. The van der Waals surface area contributed by atoms with Crippen LogP contribution in [0.25, 0.3) is 0 Å². The fourth-order valence-corrected chi connectivity index (χ4v) is 3.52. The molecule has 3 heteroatoms. The van der Waals surface area contributed by atoms with E-state index in [1.807, 2.05) is 11.8 Å². The van der Waals surface area contributed by atoms with Crippen LogP contribution in [0.4, 0.5) is 5.69 Å². The minimum atomic E-state index is 0.268. The summed E-state index contributed by atoms with van der Waals surface area (Å²) in [6.07, 6.45) is 0.853. The summed E-state index contributed by atoms with van der Waals surface area (Å²) in [6.45, 7) is 6.76. The smallest absolute Gasteiger partial charge is 0.0513 e. The first-order valence-corrected chi connectivity index (χ1v) is 6.65. The molecule has 1 heterocycles. The molecule has 1 aromatic rings. The second-order valence-electron chi connectivity index (χ2n) is 4.51. The van der Waals surface area contributed by atoms with Crippen LogP contribution in [-0.2, 0) is 0 Å². The molecule has 16 heavy (non-hydrogen) atoms. The summed E-state index contributed by atoms with van der Waals surface area (Å²) in [5.41, 5.74) is 3.92. The molecular weight excluding hydrogens is 218 g/mol. The summed E-state index contributed by atoms with van der Waals surface area (Å²) in [5.74, 6) is 0. The van der Waals surface area contributed by atoms with Gasteiger partial charge in [0.25, 0.3) is 0 Å². The summed E-state index contributed by atoms with van der Waals surface area (Å²) in [4.78, 5) is 1.36. The van der Waals surface area contributed by atoms with E-state index >= 15 is 0 Å². The lowest BCUT2D eigenvalue weighted by Gasteiger charge is -2.33. The van der Waals surface area contributed by atoms with E-state index < -0.39 is 0 Å². The van der Waals surface area contributed by atoms with Crippen LogP contribution in [0.5, 0.6) is 0 Å². The molecule has 0 fully saturated rings. The summed E-state index contributed by atoms with van der Waals surface area (Å²) < 4.78 is 0. The maximum absolute atomic E-state index is 9.07. The van der Waals surface area contributed by atoms with Gasteiger partial charge in [0.15, 0.2) is 0 Å². The molecule has 1 aliphatic rings. The Morgan fingerprint density at radius 1 is 1.31 bits per heavy atom. The number of anilines is 1. The van der Waals surface area contributed by atoms with Gasteiger partial charge in [-0.1, -0.05) is 12.1 Å². The quantitative estimate of drug-likeness (QED) is 0.829. The number of rotatable bonds is 2. The number of aliphatic hydroxyl groups excluding tert-OH is 1. The van der Waals surface area contributed by atoms with Crippen molar-refractivity contribution in [1.29, 1.82) is 0 Å². The Morgan fingerprint density at radius 3 is 2.69 bits per heavy atom. The molecule has 1 aromatic carbocycles. The molecule has 0 aliphatic carbocycles. The number of hydrogen-bond donors (Lipinski definition) is 2. The zero-order chi connectivity index (χ0) is 11.7. The average molecular weight is 237 g/mol. The van der Waals surface area contributed by atoms with Gasteiger partial charge >= 0.3 is 0 Å². The van der Waals surface area contributed by atoms with Crippen LogP contribution in [0.3, 0.4) is 0 Å². The summed E-state index contributed by atoms with van der Waals surface area (Å²) in [5, 5.41) is 13.1. The van der Waals surface area contributed by atoms with E-state index in [1.54, 1.807) is 0 Å². The first-order chi connectivity index (χ1) is 7.63. The lowest BCUT2D eigenvalue weighted by atomic mass is 10.1. The molecule has 0 spiro atoms. The van der Waals surface area contributed by atoms with Gasteiger partial charge in [-0.3, -0.25) is 0 Å². The van der Waals surface area contributed by atoms with Crippen LogP contribution in [0.1, 0.15) is 24.5 Å². The molecule has 0 aromatic heterocycles. The number of thioether (sulfide) groups is 1. The molecule has 0 radical (unpaired) electrons. The van der Waals surface area contributed by atoms with Crippen LogP contribution in [0, 0.1) is 13.8 Å². The summed E-state index contributed by atoms with van der Waals surface area (Å²) >= 11 is 1.91. The van der Waals surface area contributed by atoms with E-state index in [0.717, 1.165) is 6.42 Å². The fourth-order valence-electron chi connectivity index (χ4n) is 2.13. The molecule has 0 amide bonds. The minimum absolute atomic E-state index is 0.268. The van der Waals surface area contributed by atoms with Crippen LogP contribution in [0.15, 0.2) is 17.0 Å². The molecule has 2 nitrogen and oxygen atoms in total. The lowest BCUT2D eigenvalue weighted by molar-refractivity contribution is 0.284. The highest BCUT2D eigenvalue weighted by Crippen LogP contribution is 2.42. The Balaban J connectivity index is 2.34. The van der Waals surface area contributed by atoms with Crippen LogP contribution in [-0.4, -0.2) is 23.0 Å². The molecule has 2 unspecified atom stereocenters. The highest BCUT2D eigenvalue weighted by atomic mass is 32.2. The Kier molecular flexibility index (Phi) is 3.45. The Hall–Kier alpha value is -0.670. The van der Waals surface area contributed by atoms with Gasteiger partial charge in [-0.05, 0) is 38.3 Å². The predicted octanol–water partition coefficient (Wildman–Crippen LogP) is 2.96. The molecular formula is C13H19NOS. The zero-order valence-corrected chi connectivity index (χ0v) is 10.9. The Labute approximate surface area is 101 Å². The van der Waals surface area contributed by atoms with Crippen LogP contribution < -0.4 is 5.32 Å². The van der Waals surface area contributed by atoms with E-state index in [2.05, 4.69) is 38.2 Å². The Morgan fingerprint density at radius 2 is 2.00 bits per heavy atom. The van der Waals surface area contributed by atoms with E-state index in [0.29, 0.717) is 11.3 Å². The topological polar surface area (TPSA) is 32.3 Å².